The van der Waals surface area contributed by atoms with Crippen LogP contribution in [0.3, 0.4) is 0 Å². The first-order chi connectivity index (χ1) is 13.6. The summed E-state index contributed by atoms with van der Waals surface area (Å²) >= 11 is 0. The summed E-state index contributed by atoms with van der Waals surface area (Å²) in [4.78, 5) is 16.1. The van der Waals surface area contributed by atoms with Gasteiger partial charge in [0.25, 0.3) is 0 Å². The number of nitrogens with two attached hydrogens (primary N) is 1. The van der Waals surface area contributed by atoms with Crippen LogP contribution < -0.4 is 5.73 Å². The first-order valence-electron chi connectivity index (χ1n) is 8.97. The van der Waals surface area contributed by atoms with Gasteiger partial charge in [0, 0.05) is 0 Å². The predicted molar refractivity (Wildman–Crippen MR) is 99.9 cm³/mol. The number of ether oxygens (including phenoxy) is 2. The van der Waals surface area contributed by atoms with E-state index in [1.54, 1.807) is 4.52 Å². The minimum absolute atomic E-state index is 0.105. The van der Waals surface area contributed by atoms with Crippen LogP contribution in [-0.2, 0) is 20.7 Å². The van der Waals surface area contributed by atoms with Crippen molar-refractivity contribution in [2.24, 2.45) is 0 Å². The van der Waals surface area contributed by atoms with Crippen LogP contribution in [-0.4, -0.2) is 32.8 Å². The van der Waals surface area contributed by atoms with Crippen molar-refractivity contribution in [1.82, 2.24) is 14.6 Å². The number of hydrogen-bond acceptors (Lipinski definition) is 7. The van der Waals surface area contributed by atoms with Crippen molar-refractivity contribution < 1.29 is 14.3 Å². The molecule has 0 radical (unpaired) electrons. The van der Waals surface area contributed by atoms with Crippen LogP contribution in [0.25, 0.3) is 5.52 Å². The standard InChI is InChI=1S/C20H19N5O3/c21-11-20(12-27-18(26)10-14-4-2-1-3-5-14)9-8-17(28-20)15-6-7-16-19(22)23-13-24-25(15)16/h1-7,13,17H,8-10,12H2,(H2,22,23,24)/t17?,20-/m1/s1. The zero-order valence-corrected chi connectivity index (χ0v) is 15.1. The second-order valence-corrected chi connectivity index (χ2v) is 6.77. The van der Waals surface area contributed by atoms with Gasteiger partial charge in [0.2, 0.25) is 0 Å². The number of nitrogens with zero attached hydrogens (tertiary/aromatic N) is 4. The Morgan fingerprint density at radius 2 is 2.18 bits per heavy atom. The fraction of sp³-hybridized carbons (Fsp3) is 0.300. The first-order valence-corrected chi connectivity index (χ1v) is 8.97. The SMILES string of the molecule is N#C[C@@]1(COC(=O)Cc2ccccc2)CCC(c2ccc3c(N)ncnn23)O1. The van der Waals surface area contributed by atoms with Gasteiger partial charge in [-0.2, -0.15) is 10.4 Å². The Kier molecular flexibility index (Phi) is 4.67. The van der Waals surface area contributed by atoms with E-state index < -0.39 is 5.60 Å². The number of fused-ring (bicyclic) bond motifs is 1. The van der Waals surface area contributed by atoms with E-state index in [9.17, 15) is 10.1 Å². The van der Waals surface area contributed by atoms with Crippen LogP contribution in [0, 0.1) is 11.3 Å². The number of benzene rings is 1. The summed E-state index contributed by atoms with van der Waals surface area (Å²) in [6, 6.07) is 15.2. The van der Waals surface area contributed by atoms with Gasteiger partial charge in [0.15, 0.2) is 11.4 Å². The monoisotopic (exact) mass is 377 g/mol. The van der Waals surface area contributed by atoms with Crippen LogP contribution in [0.4, 0.5) is 5.82 Å². The van der Waals surface area contributed by atoms with E-state index in [-0.39, 0.29) is 25.1 Å². The number of esters is 1. The molecule has 8 nitrogen and oxygen atoms in total. The minimum Gasteiger partial charge on any atom is -0.461 e. The van der Waals surface area contributed by atoms with Crippen LogP contribution in [0.15, 0.2) is 48.8 Å². The van der Waals surface area contributed by atoms with E-state index in [0.717, 1.165) is 11.3 Å². The summed E-state index contributed by atoms with van der Waals surface area (Å²) < 4.78 is 13.1. The molecule has 1 fully saturated rings. The summed E-state index contributed by atoms with van der Waals surface area (Å²) in [5.74, 6) is -0.0119. The van der Waals surface area contributed by atoms with E-state index in [1.165, 1.54) is 6.33 Å². The Bertz CT molecular complexity index is 1040. The third-order valence-electron chi connectivity index (χ3n) is 4.88. The van der Waals surface area contributed by atoms with Crippen molar-refractivity contribution in [2.75, 3.05) is 12.3 Å². The maximum absolute atomic E-state index is 12.1. The summed E-state index contributed by atoms with van der Waals surface area (Å²) in [5.41, 5.74) is 7.04. The van der Waals surface area contributed by atoms with Crippen molar-refractivity contribution >= 4 is 17.3 Å². The molecule has 1 aliphatic heterocycles. The largest absolute Gasteiger partial charge is 0.461 e. The van der Waals surface area contributed by atoms with Gasteiger partial charge in [0.1, 0.15) is 30.6 Å². The van der Waals surface area contributed by atoms with Gasteiger partial charge >= 0.3 is 5.97 Å². The van der Waals surface area contributed by atoms with E-state index in [1.807, 2.05) is 42.5 Å². The number of carbonyl (C=O) groups excluding carboxylic acids is 1. The summed E-state index contributed by atoms with van der Waals surface area (Å²) in [6.45, 7) is -0.105. The molecule has 4 rings (SSSR count). The van der Waals surface area contributed by atoms with Crippen LogP contribution in [0.1, 0.15) is 30.2 Å². The number of nitrogen functional groups attached to an aromatic ring is 1. The summed E-state index contributed by atoms with van der Waals surface area (Å²) in [7, 11) is 0. The van der Waals surface area contributed by atoms with Gasteiger partial charge in [0.05, 0.1) is 12.1 Å². The third kappa shape index (κ3) is 3.40. The summed E-state index contributed by atoms with van der Waals surface area (Å²) in [5, 5.41) is 13.9. The maximum atomic E-state index is 12.1. The Balaban J connectivity index is 1.43. The highest BCUT2D eigenvalue weighted by Gasteiger charge is 2.43. The lowest BCUT2D eigenvalue weighted by atomic mass is 10.0. The zero-order chi connectivity index (χ0) is 19.6. The van der Waals surface area contributed by atoms with Gasteiger partial charge in [-0.1, -0.05) is 30.3 Å². The number of nitriles is 1. The molecule has 1 saturated heterocycles. The van der Waals surface area contributed by atoms with Crippen molar-refractivity contribution in [3.05, 3.63) is 60.0 Å². The van der Waals surface area contributed by atoms with Gasteiger partial charge in [-0.25, -0.2) is 9.50 Å². The molecular formula is C20H19N5O3. The lowest BCUT2D eigenvalue weighted by Crippen LogP contribution is -2.33. The first kappa shape index (κ1) is 17.9. The number of aromatic nitrogens is 3. The number of anilines is 1. The van der Waals surface area contributed by atoms with Crippen molar-refractivity contribution in [3.63, 3.8) is 0 Å². The third-order valence-corrected chi connectivity index (χ3v) is 4.88. The second-order valence-electron chi connectivity index (χ2n) is 6.77. The average molecular weight is 377 g/mol. The smallest absolute Gasteiger partial charge is 0.310 e. The van der Waals surface area contributed by atoms with E-state index in [4.69, 9.17) is 15.2 Å². The molecule has 0 aliphatic carbocycles. The van der Waals surface area contributed by atoms with Crippen molar-refractivity contribution in [3.8, 4) is 6.07 Å². The van der Waals surface area contributed by atoms with Crippen molar-refractivity contribution in [2.45, 2.75) is 31.0 Å². The molecule has 142 valence electrons. The topological polar surface area (TPSA) is 116 Å². The highest BCUT2D eigenvalue weighted by atomic mass is 16.6. The number of rotatable bonds is 5. The molecule has 0 amide bonds. The maximum Gasteiger partial charge on any atom is 0.310 e. The molecule has 2 atom stereocenters. The molecule has 3 heterocycles. The normalized spacial score (nSPS) is 21.5. The fourth-order valence-electron chi connectivity index (χ4n) is 3.41. The van der Waals surface area contributed by atoms with Crippen molar-refractivity contribution in [1.29, 1.82) is 5.26 Å². The second kappa shape index (κ2) is 7.29. The highest BCUT2D eigenvalue weighted by molar-refractivity contribution is 5.72. The summed E-state index contributed by atoms with van der Waals surface area (Å²) in [6.07, 6.45) is 2.26. The lowest BCUT2D eigenvalue weighted by Gasteiger charge is -2.21. The van der Waals surface area contributed by atoms with Crippen LogP contribution in [0.5, 0.6) is 0 Å². The molecule has 0 saturated carbocycles. The number of hydrogen-bond donors (Lipinski definition) is 1. The van der Waals surface area contributed by atoms with E-state index in [2.05, 4.69) is 16.2 Å². The fourth-order valence-corrected chi connectivity index (χ4v) is 3.41. The molecule has 2 aromatic heterocycles. The number of carbonyl (C=O) groups is 1. The molecule has 1 unspecified atom stereocenters. The average Bonchev–Trinajstić information content (AvgIpc) is 3.33. The quantitative estimate of drug-likeness (QED) is 0.678. The molecule has 1 aliphatic rings. The highest BCUT2D eigenvalue weighted by Crippen LogP contribution is 2.40. The Labute approximate surface area is 161 Å². The Hall–Kier alpha value is -3.44. The van der Waals surface area contributed by atoms with E-state index in [0.29, 0.717) is 24.2 Å². The molecule has 1 aromatic carbocycles. The Morgan fingerprint density at radius 3 is 2.96 bits per heavy atom. The van der Waals surface area contributed by atoms with Gasteiger partial charge in [-0.15, -0.1) is 0 Å². The van der Waals surface area contributed by atoms with E-state index >= 15 is 0 Å². The van der Waals surface area contributed by atoms with Gasteiger partial charge < -0.3 is 15.2 Å². The molecule has 3 aromatic rings. The van der Waals surface area contributed by atoms with Gasteiger partial charge in [-0.05, 0) is 30.5 Å². The Morgan fingerprint density at radius 1 is 1.36 bits per heavy atom. The minimum atomic E-state index is -1.17. The molecule has 28 heavy (non-hydrogen) atoms. The lowest BCUT2D eigenvalue weighted by molar-refractivity contribution is -0.150. The molecule has 0 spiro atoms. The zero-order valence-electron chi connectivity index (χ0n) is 15.1. The molecular weight excluding hydrogens is 358 g/mol. The predicted octanol–water partition coefficient (Wildman–Crippen LogP) is 2.21. The van der Waals surface area contributed by atoms with Crippen LogP contribution >= 0.6 is 0 Å². The molecule has 8 heteroatoms. The molecule has 0 bridgehead atoms. The van der Waals surface area contributed by atoms with Crippen LogP contribution in [0.2, 0.25) is 0 Å². The van der Waals surface area contributed by atoms with Gasteiger partial charge in [-0.3, -0.25) is 4.79 Å². The molecule has 2 N–H and O–H groups in total.